The van der Waals surface area contributed by atoms with E-state index >= 15 is 0 Å². The van der Waals surface area contributed by atoms with Gasteiger partial charge >= 0.3 is 0 Å². The normalized spacial score (nSPS) is 28.5. The first kappa shape index (κ1) is 16.0. The van der Waals surface area contributed by atoms with E-state index in [4.69, 9.17) is 0 Å². The van der Waals surface area contributed by atoms with E-state index in [9.17, 15) is 28.6 Å². The van der Waals surface area contributed by atoms with E-state index < -0.39 is 47.1 Å². The summed E-state index contributed by atoms with van der Waals surface area (Å²) in [5.41, 5.74) is -2.17. The lowest BCUT2D eigenvalue weighted by atomic mass is 9.32. The first-order chi connectivity index (χ1) is 10.8. The molecule has 3 fully saturated rings. The first-order valence-corrected chi connectivity index (χ1v) is 7.31. The van der Waals surface area contributed by atoms with Gasteiger partial charge in [0.25, 0.3) is 5.91 Å². The lowest BCUT2D eigenvalue weighted by Crippen LogP contribution is -2.80. The minimum absolute atomic E-state index is 0.0219. The van der Waals surface area contributed by atoms with Gasteiger partial charge in [-0.15, -0.1) is 0 Å². The smallest absolute Gasteiger partial charge is 0.251 e. The summed E-state index contributed by atoms with van der Waals surface area (Å²) in [6.45, 7) is -0.888. The number of aldehydes is 1. The fourth-order valence-corrected chi connectivity index (χ4v) is 3.98. The number of aliphatic hydroxyl groups excluding tert-OH is 2. The summed E-state index contributed by atoms with van der Waals surface area (Å²) in [5.74, 6) is -2.62. The Bertz CT molecular complexity index is 652. The van der Waals surface area contributed by atoms with Crippen LogP contribution < -0.4 is 5.32 Å². The lowest BCUT2D eigenvalue weighted by Gasteiger charge is -2.75. The Labute approximate surface area is 131 Å². The number of carbonyl (C=O) groups is 2. The van der Waals surface area contributed by atoms with E-state index in [1.54, 1.807) is 0 Å². The van der Waals surface area contributed by atoms with Crippen LogP contribution in [0.25, 0.3) is 0 Å². The first-order valence-electron chi connectivity index (χ1n) is 7.31. The summed E-state index contributed by atoms with van der Waals surface area (Å²) in [6, 6.07) is 2.93. The van der Waals surface area contributed by atoms with Gasteiger partial charge in [0, 0.05) is 11.1 Å². The van der Waals surface area contributed by atoms with Gasteiger partial charge < -0.3 is 20.3 Å². The number of halogens is 2. The van der Waals surface area contributed by atoms with Crippen molar-refractivity contribution in [2.24, 2.45) is 10.8 Å². The summed E-state index contributed by atoms with van der Waals surface area (Å²) in [7, 11) is 0. The fourth-order valence-electron chi connectivity index (χ4n) is 3.98. The van der Waals surface area contributed by atoms with Crippen molar-refractivity contribution < 1.29 is 28.6 Å². The van der Waals surface area contributed by atoms with Crippen molar-refractivity contribution in [3.63, 3.8) is 0 Å². The molecule has 124 valence electrons. The second kappa shape index (κ2) is 5.07. The van der Waals surface area contributed by atoms with Crippen molar-refractivity contribution in [3.8, 4) is 0 Å². The Kier molecular flexibility index (Phi) is 3.53. The molecule has 4 rings (SSSR count). The Morgan fingerprint density at radius 2 is 1.83 bits per heavy atom. The number of amides is 1. The maximum absolute atomic E-state index is 13.2. The van der Waals surface area contributed by atoms with Gasteiger partial charge in [-0.2, -0.15) is 0 Å². The molecule has 7 heteroatoms. The molecule has 2 bridgehead atoms. The molecule has 5 nitrogen and oxygen atoms in total. The number of hydrogen-bond donors (Lipinski definition) is 3. The van der Waals surface area contributed by atoms with Gasteiger partial charge in [-0.25, -0.2) is 8.78 Å². The minimum atomic E-state index is -1.19. The van der Waals surface area contributed by atoms with Gasteiger partial charge in [-0.05, 0) is 42.9 Å². The molecule has 0 aliphatic heterocycles. The van der Waals surface area contributed by atoms with E-state index in [2.05, 4.69) is 5.32 Å². The van der Waals surface area contributed by atoms with Crippen LogP contribution in [0, 0.1) is 22.5 Å². The monoisotopic (exact) mass is 325 g/mol. The molecule has 0 heterocycles. The van der Waals surface area contributed by atoms with Crippen LogP contribution in [0.15, 0.2) is 18.2 Å². The molecular weight excluding hydrogens is 308 g/mol. The SMILES string of the molecule is O=CC(CO)(CO)C12CC(NC(=O)c3ccc(F)c(F)c3)(C1)C2. The Morgan fingerprint density at radius 1 is 1.22 bits per heavy atom. The van der Waals surface area contributed by atoms with Gasteiger partial charge in [-0.1, -0.05) is 0 Å². The largest absolute Gasteiger partial charge is 0.395 e. The molecule has 0 atom stereocenters. The number of nitrogens with one attached hydrogen (secondary N) is 1. The van der Waals surface area contributed by atoms with Crippen LogP contribution in [-0.4, -0.2) is 41.2 Å². The van der Waals surface area contributed by atoms with Gasteiger partial charge in [0.15, 0.2) is 11.6 Å². The number of rotatable bonds is 6. The third-order valence-corrected chi connectivity index (χ3v) is 5.44. The average molecular weight is 325 g/mol. The number of benzene rings is 1. The van der Waals surface area contributed by atoms with E-state index in [0.717, 1.165) is 12.1 Å². The zero-order valence-corrected chi connectivity index (χ0v) is 12.3. The maximum atomic E-state index is 13.2. The molecule has 1 aromatic carbocycles. The van der Waals surface area contributed by atoms with Crippen molar-refractivity contribution in [1.82, 2.24) is 5.32 Å². The van der Waals surface area contributed by atoms with Crippen molar-refractivity contribution in [2.75, 3.05) is 13.2 Å². The van der Waals surface area contributed by atoms with Crippen molar-refractivity contribution in [3.05, 3.63) is 35.4 Å². The number of hydrogen-bond acceptors (Lipinski definition) is 4. The predicted molar refractivity (Wildman–Crippen MR) is 75.5 cm³/mol. The molecule has 0 unspecified atom stereocenters. The van der Waals surface area contributed by atoms with E-state index in [-0.39, 0.29) is 5.56 Å². The molecular formula is C16H17F2NO4. The highest BCUT2D eigenvalue weighted by Crippen LogP contribution is 2.73. The zero-order chi connectivity index (χ0) is 16.9. The molecule has 1 amide bonds. The van der Waals surface area contributed by atoms with Crippen LogP contribution >= 0.6 is 0 Å². The van der Waals surface area contributed by atoms with E-state index in [1.807, 2.05) is 0 Å². The average Bonchev–Trinajstić information content (AvgIpc) is 2.47. The molecule has 3 aliphatic carbocycles. The van der Waals surface area contributed by atoms with Crippen molar-refractivity contribution in [1.29, 1.82) is 0 Å². The molecule has 0 aromatic heterocycles. The van der Waals surface area contributed by atoms with Crippen LogP contribution in [-0.2, 0) is 4.79 Å². The molecule has 0 radical (unpaired) electrons. The summed E-state index contributed by atoms with van der Waals surface area (Å²) in [5, 5.41) is 21.7. The second-order valence-electron chi connectivity index (χ2n) is 6.76. The molecule has 0 spiro atoms. The summed E-state index contributed by atoms with van der Waals surface area (Å²) in [4.78, 5) is 23.4. The molecule has 0 saturated heterocycles. The minimum Gasteiger partial charge on any atom is -0.395 e. The second-order valence-corrected chi connectivity index (χ2v) is 6.76. The Morgan fingerprint density at radius 3 is 2.30 bits per heavy atom. The molecule has 23 heavy (non-hydrogen) atoms. The summed E-state index contributed by atoms with van der Waals surface area (Å²) >= 11 is 0. The summed E-state index contributed by atoms with van der Waals surface area (Å²) < 4.78 is 26.1. The maximum Gasteiger partial charge on any atom is 0.251 e. The van der Waals surface area contributed by atoms with Crippen LogP contribution in [0.5, 0.6) is 0 Å². The van der Waals surface area contributed by atoms with E-state index in [1.165, 1.54) is 6.07 Å². The third-order valence-electron chi connectivity index (χ3n) is 5.44. The van der Waals surface area contributed by atoms with Gasteiger partial charge in [0.2, 0.25) is 0 Å². The topological polar surface area (TPSA) is 86.6 Å². The molecule has 3 N–H and O–H groups in total. The van der Waals surface area contributed by atoms with Crippen molar-refractivity contribution in [2.45, 2.75) is 24.8 Å². The highest BCUT2D eigenvalue weighted by molar-refractivity contribution is 5.95. The van der Waals surface area contributed by atoms with Gasteiger partial charge in [0.1, 0.15) is 6.29 Å². The van der Waals surface area contributed by atoms with Crippen molar-refractivity contribution >= 4 is 12.2 Å². The fraction of sp³-hybridized carbons (Fsp3) is 0.500. The van der Waals surface area contributed by atoms with Crippen LogP contribution in [0.1, 0.15) is 29.6 Å². The van der Waals surface area contributed by atoms with Crippen LogP contribution in [0.2, 0.25) is 0 Å². The van der Waals surface area contributed by atoms with Gasteiger partial charge in [0.05, 0.1) is 18.6 Å². The highest BCUT2D eigenvalue weighted by atomic mass is 19.2. The van der Waals surface area contributed by atoms with Crippen LogP contribution in [0.4, 0.5) is 8.78 Å². The predicted octanol–water partition coefficient (Wildman–Crippen LogP) is 0.787. The standard InChI is InChI=1S/C16H17F2NO4/c17-11-2-1-10(3-12(11)18)13(23)19-16-4-14(5-16,6-16)15(7-20,8-21)9-22/h1-3,7,21-22H,4-6,8-9H2,(H,19,23). The molecule has 3 saturated carbocycles. The quantitative estimate of drug-likeness (QED) is 0.675. The van der Waals surface area contributed by atoms with Gasteiger partial charge in [-0.3, -0.25) is 4.79 Å². The Hall–Kier alpha value is -1.86. The summed E-state index contributed by atoms with van der Waals surface area (Å²) in [6.07, 6.45) is 1.99. The molecule has 3 aliphatic rings. The van der Waals surface area contributed by atoms with Crippen LogP contribution in [0.3, 0.4) is 0 Å². The third kappa shape index (κ3) is 2.10. The zero-order valence-electron chi connectivity index (χ0n) is 12.3. The van der Waals surface area contributed by atoms with E-state index in [0.29, 0.717) is 25.5 Å². The highest BCUT2D eigenvalue weighted by Gasteiger charge is 2.75. The lowest BCUT2D eigenvalue weighted by molar-refractivity contribution is -0.236. The number of carbonyl (C=O) groups excluding carboxylic acids is 2. The Balaban J connectivity index is 1.68. The molecule has 1 aromatic rings. The number of aliphatic hydroxyl groups is 2.